The van der Waals surface area contributed by atoms with Crippen LogP contribution < -0.4 is 11.1 Å². The van der Waals surface area contributed by atoms with Gasteiger partial charge in [0.2, 0.25) is 5.91 Å². The van der Waals surface area contributed by atoms with Crippen LogP contribution in [0.5, 0.6) is 0 Å². The van der Waals surface area contributed by atoms with Gasteiger partial charge in [0.15, 0.2) is 5.13 Å². The molecule has 0 aliphatic rings. The lowest BCUT2D eigenvalue weighted by Crippen LogP contribution is -2.16. The molecule has 154 valence electrons. The third kappa shape index (κ3) is 6.25. The quantitative estimate of drug-likeness (QED) is 0.246. The minimum absolute atomic E-state index is 0.114. The van der Waals surface area contributed by atoms with Crippen LogP contribution in [0.1, 0.15) is 24.5 Å². The van der Waals surface area contributed by atoms with Crippen molar-refractivity contribution in [2.45, 2.75) is 19.8 Å². The molecule has 7 nitrogen and oxygen atoms in total. The van der Waals surface area contributed by atoms with Gasteiger partial charge in [0, 0.05) is 25.5 Å². The number of allylic oxidation sites excluding steroid dienone is 2. The molecule has 0 aliphatic carbocycles. The van der Waals surface area contributed by atoms with Crippen molar-refractivity contribution in [3.63, 3.8) is 0 Å². The lowest BCUT2D eigenvalue weighted by molar-refractivity contribution is -0.114. The molecule has 0 aliphatic heterocycles. The maximum Gasteiger partial charge on any atom is 0.286 e. The zero-order valence-corrected chi connectivity index (χ0v) is 17.5. The molecule has 0 spiro atoms. The summed E-state index contributed by atoms with van der Waals surface area (Å²) in [6.45, 7) is 6.01. The van der Waals surface area contributed by atoms with E-state index in [9.17, 15) is 4.79 Å². The highest BCUT2D eigenvalue weighted by Gasteiger charge is 2.06. The van der Waals surface area contributed by atoms with E-state index < -0.39 is 0 Å². The minimum atomic E-state index is -0.142. The van der Waals surface area contributed by atoms with Gasteiger partial charge in [-0.1, -0.05) is 30.0 Å². The highest BCUT2D eigenvalue weighted by atomic mass is 32.1. The first-order valence-corrected chi connectivity index (χ1v) is 10.2. The summed E-state index contributed by atoms with van der Waals surface area (Å²) < 4.78 is 6.39. The number of aromatic nitrogens is 2. The summed E-state index contributed by atoms with van der Waals surface area (Å²) in [5.41, 5.74) is 9.49. The van der Waals surface area contributed by atoms with Crippen LogP contribution >= 0.6 is 11.3 Å². The molecule has 1 aromatic carbocycles. The Bertz CT molecular complexity index is 1090. The number of carbonyl (C=O) groups excluding carboxylic acids is 1. The number of ether oxygens (including phenoxy) is 1. The number of hydrogen-bond acceptors (Lipinski definition) is 6. The summed E-state index contributed by atoms with van der Waals surface area (Å²) in [6, 6.07) is 9.86. The molecule has 2 heterocycles. The molecule has 3 N–H and O–H groups in total. The van der Waals surface area contributed by atoms with Crippen molar-refractivity contribution in [1.82, 2.24) is 9.97 Å². The van der Waals surface area contributed by atoms with Crippen molar-refractivity contribution in [1.29, 1.82) is 0 Å². The molecule has 1 amide bonds. The Hall–Kier alpha value is -3.52. The normalized spacial score (nSPS) is 11.7. The van der Waals surface area contributed by atoms with Gasteiger partial charge < -0.3 is 15.8 Å². The number of nitrogens with one attached hydrogen (secondary N) is 1. The summed E-state index contributed by atoms with van der Waals surface area (Å²) in [6.07, 6.45) is 8.63. The number of fused-ring (bicyclic) bond motifs is 1. The molecule has 0 bridgehead atoms. The Morgan fingerprint density at radius 1 is 1.40 bits per heavy atom. The second kappa shape index (κ2) is 10.3. The Morgan fingerprint density at radius 2 is 2.27 bits per heavy atom. The third-order valence-electron chi connectivity index (χ3n) is 4.10. The number of pyridine rings is 1. The molecular weight excluding hydrogens is 398 g/mol. The number of carbonyl (C=O) groups is 1. The van der Waals surface area contributed by atoms with Crippen LogP contribution in [0.25, 0.3) is 15.8 Å². The number of aliphatic imine (C=N–C) groups is 1. The molecule has 30 heavy (non-hydrogen) atoms. The van der Waals surface area contributed by atoms with Gasteiger partial charge in [-0.15, -0.1) is 0 Å². The first-order chi connectivity index (χ1) is 14.5. The second-order valence-electron chi connectivity index (χ2n) is 6.50. The van der Waals surface area contributed by atoms with Crippen LogP contribution in [0, 0.1) is 0 Å². The van der Waals surface area contributed by atoms with Crippen LogP contribution in [0.15, 0.2) is 66.6 Å². The van der Waals surface area contributed by atoms with Crippen molar-refractivity contribution < 1.29 is 9.53 Å². The largest absolute Gasteiger partial charge is 0.465 e. The number of benzene rings is 1. The summed E-state index contributed by atoms with van der Waals surface area (Å²) >= 11 is 1.42. The van der Waals surface area contributed by atoms with Gasteiger partial charge in [-0.2, -0.15) is 0 Å². The highest BCUT2D eigenvalue weighted by Crippen LogP contribution is 2.28. The summed E-state index contributed by atoms with van der Waals surface area (Å²) in [4.78, 5) is 23.7. The smallest absolute Gasteiger partial charge is 0.286 e. The number of thiazole rings is 1. The highest BCUT2D eigenvalue weighted by molar-refractivity contribution is 7.22. The zero-order valence-electron chi connectivity index (χ0n) is 16.7. The molecule has 0 radical (unpaired) electrons. The molecular formula is C22H23N5O2S. The van der Waals surface area contributed by atoms with E-state index in [4.69, 9.17) is 10.5 Å². The Morgan fingerprint density at radius 3 is 3.03 bits per heavy atom. The van der Waals surface area contributed by atoms with E-state index in [1.165, 1.54) is 18.3 Å². The minimum Gasteiger partial charge on any atom is -0.465 e. The van der Waals surface area contributed by atoms with Crippen LogP contribution in [-0.2, 0) is 16.0 Å². The van der Waals surface area contributed by atoms with Crippen molar-refractivity contribution in [3.8, 4) is 0 Å². The first-order valence-electron chi connectivity index (χ1n) is 9.40. The van der Waals surface area contributed by atoms with Gasteiger partial charge in [0.25, 0.3) is 6.02 Å². The first kappa shape index (κ1) is 21.2. The van der Waals surface area contributed by atoms with E-state index in [-0.39, 0.29) is 11.9 Å². The third-order valence-corrected chi connectivity index (χ3v) is 5.04. The Balaban J connectivity index is 1.51. The van der Waals surface area contributed by atoms with Crippen molar-refractivity contribution in [3.05, 3.63) is 72.7 Å². The zero-order chi connectivity index (χ0) is 21.3. The van der Waals surface area contributed by atoms with E-state index in [1.807, 2.05) is 36.5 Å². The summed E-state index contributed by atoms with van der Waals surface area (Å²) in [7, 11) is 0. The molecule has 0 atom stereocenters. The molecule has 8 heteroatoms. The van der Waals surface area contributed by atoms with Crippen molar-refractivity contribution in [2.24, 2.45) is 10.7 Å². The van der Waals surface area contributed by atoms with E-state index in [1.54, 1.807) is 18.5 Å². The number of aryl methyl sites for hydroxylation is 1. The number of hydrogen-bond donors (Lipinski definition) is 2. The maximum absolute atomic E-state index is 11.2. The molecule has 0 saturated heterocycles. The Kier molecular flexibility index (Phi) is 7.29. The van der Waals surface area contributed by atoms with Gasteiger partial charge in [0.1, 0.15) is 0 Å². The van der Waals surface area contributed by atoms with E-state index >= 15 is 0 Å². The lowest BCUT2D eigenvalue weighted by Gasteiger charge is -2.04. The van der Waals surface area contributed by atoms with Crippen LogP contribution in [0.3, 0.4) is 0 Å². The van der Waals surface area contributed by atoms with Crippen LogP contribution in [0.4, 0.5) is 5.13 Å². The van der Waals surface area contributed by atoms with Crippen molar-refractivity contribution in [2.75, 3.05) is 11.9 Å². The van der Waals surface area contributed by atoms with Gasteiger partial charge in [-0.25, -0.2) is 9.98 Å². The standard InChI is InChI=1S/C22H23N5O2S/c1-15(18-7-8-19-20(13-18)30-22(27-19)26-16(2)28)9-11-25-21(23)29-12-4-6-17-5-3-10-24-14-17/h3,5,7-11,13-14H,1,4,6,12H2,2H3,(H2,23,25)(H,26,27,28)/b11-9-. The van der Waals surface area contributed by atoms with Crippen LogP contribution in [0.2, 0.25) is 0 Å². The number of rotatable bonds is 8. The predicted octanol–water partition coefficient (Wildman–Crippen LogP) is 4.14. The van der Waals surface area contributed by atoms with Crippen LogP contribution in [-0.4, -0.2) is 28.5 Å². The Labute approximate surface area is 179 Å². The summed E-state index contributed by atoms with van der Waals surface area (Å²) in [5, 5.41) is 3.28. The molecule has 3 aromatic rings. The van der Waals surface area contributed by atoms with E-state index in [0.29, 0.717) is 11.7 Å². The topological polar surface area (TPSA) is 102 Å². The van der Waals surface area contributed by atoms with E-state index in [0.717, 1.165) is 39.8 Å². The van der Waals surface area contributed by atoms with Gasteiger partial charge in [0.05, 0.1) is 16.8 Å². The van der Waals surface area contributed by atoms with Crippen molar-refractivity contribution >= 4 is 44.2 Å². The summed E-state index contributed by atoms with van der Waals surface area (Å²) in [5.74, 6) is -0.142. The lowest BCUT2D eigenvalue weighted by atomic mass is 10.1. The average Bonchev–Trinajstić information content (AvgIpc) is 3.12. The average molecular weight is 422 g/mol. The number of anilines is 1. The van der Waals surface area contributed by atoms with Gasteiger partial charge in [-0.05, 0) is 53.8 Å². The fourth-order valence-corrected chi connectivity index (χ4v) is 3.61. The van der Waals surface area contributed by atoms with E-state index in [2.05, 4.69) is 26.9 Å². The SMILES string of the molecule is C=C(/C=C\N=C(N)OCCCc1cccnc1)c1ccc2nc(NC(C)=O)sc2c1. The monoisotopic (exact) mass is 421 g/mol. The number of amides is 1. The molecule has 0 unspecified atom stereocenters. The number of nitrogens with two attached hydrogens (primary N) is 1. The fraction of sp³-hybridized carbons (Fsp3) is 0.182. The second-order valence-corrected chi connectivity index (χ2v) is 7.53. The fourth-order valence-electron chi connectivity index (χ4n) is 2.66. The van der Waals surface area contributed by atoms with Gasteiger partial charge >= 0.3 is 0 Å². The predicted molar refractivity (Wildman–Crippen MR) is 122 cm³/mol. The number of nitrogens with zero attached hydrogens (tertiary/aromatic N) is 3. The molecule has 0 fully saturated rings. The molecule has 0 saturated carbocycles. The van der Waals surface area contributed by atoms with Gasteiger partial charge in [-0.3, -0.25) is 9.78 Å². The molecule has 3 rings (SSSR count). The number of amidine groups is 1. The molecule has 2 aromatic heterocycles. The maximum atomic E-state index is 11.2.